The zero-order valence-electron chi connectivity index (χ0n) is 31.7. The van der Waals surface area contributed by atoms with Gasteiger partial charge < -0.3 is 4.74 Å². The molecule has 262 valence electrons. The number of fused-ring (bicyclic) bond motifs is 3. The zero-order valence-corrected chi connectivity index (χ0v) is 31.7. The lowest BCUT2D eigenvalue weighted by Crippen LogP contribution is -2.80. The van der Waals surface area contributed by atoms with Crippen LogP contribution in [0, 0.1) is 0 Å². The summed E-state index contributed by atoms with van der Waals surface area (Å²) in [5, 5.41) is 0. The molecule has 5 nitrogen and oxygen atoms in total. The highest BCUT2D eigenvalue weighted by molar-refractivity contribution is 6.07. The number of rotatable bonds is 0. The molecular weight excluding hydrogens is 673 g/mol. The van der Waals surface area contributed by atoms with Crippen LogP contribution in [0.3, 0.4) is 0 Å². The van der Waals surface area contributed by atoms with Crippen molar-refractivity contribution in [1.82, 2.24) is 0 Å². The summed E-state index contributed by atoms with van der Waals surface area (Å²) in [6, 6.07) is 41.5. The SMILES string of the molecule is CC1(C)c2cccc3c2N2c4c1ccc1c4C4(c5c(ccc6c5N5c7c(cccc7C(C)(C)c7ccc[n+]4c75)-c4ccccc4-6)O1)[n+]1cccc(c12)C3(C)C. The molecular formula is C50H38N4O+2. The number of aromatic nitrogens is 2. The molecule has 0 bridgehead atoms. The third-order valence-electron chi connectivity index (χ3n) is 14.8. The van der Waals surface area contributed by atoms with Crippen LogP contribution in [-0.2, 0) is 21.9 Å². The lowest BCUT2D eigenvalue weighted by Gasteiger charge is -2.52. The predicted octanol–water partition coefficient (Wildman–Crippen LogP) is 10.8. The smallest absolute Gasteiger partial charge is 0.321 e. The number of para-hydroxylation sites is 2. The van der Waals surface area contributed by atoms with Gasteiger partial charge in [-0.25, -0.2) is 0 Å². The van der Waals surface area contributed by atoms with Crippen LogP contribution in [0.5, 0.6) is 11.5 Å². The monoisotopic (exact) mass is 710 g/mol. The van der Waals surface area contributed by atoms with Crippen molar-refractivity contribution in [3.05, 3.63) is 166 Å². The molecule has 7 aliphatic heterocycles. The average molecular weight is 711 g/mol. The van der Waals surface area contributed by atoms with Crippen molar-refractivity contribution >= 4 is 34.4 Å². The normalized spacial score (nSPS) is 20.8. The molecule has 5 heteroatoms. The Morgan fingerprint density at radius 2 is 0.855 bits per heavy atom. The summed E-state index contributed by atoms with van der Waals surface area (Å²) in [5.41, 5.74) is 19.0. The zero-order chi connectivity index (χ0) is 36.7. The van der Waals surface area contributed by atoms with Gasteiger partial charge in [-0.2, -0.15) is 18.9 Å². The van der Waals surface area contributed by atoms with Crippen LogP contribution >= 0.6 is 0 Å². The highest BCUT2D eigenvalue weighted by atomic mass is 16.5. The molecule has 0 N–H and O–H groups in total. The molecule has 5 aromatic carbocycles. The van der Waals surface area contributed by atoms with Gasteiger partial charge in [0.05, 0.1) is 23.5 Å². The largest absolute Gasteiger partial charge is 0.456 e. The van der Waals surface area contributed by atoms with Crippen LogP contribution in [0.2, 0.25) is 0 Å². The van der Waals surface area contributed by atoms with Crippen LogP contribution in [0.4, 0.5) is 34.4 Å². The van der Waals surface area contributed by atoms with Crippen molar-refractivity contribution < 1.29 is 13.9 Å². The Kier molecular flexibility index (Phi) is 4.53. The van der Waals surface area contributed by atoms with E-state index in [1.54, 1.807) is 0 Å². The van der Waals surface area contributed by atoms with E-state index in [1.807, 2.05) is 0 Å². The van der Waals surface area contributed by atoms with E-state index < -0.39 is 5.66 Å². The summed E-state index contributed by atoms with van der Waals surface area (Å²) in [7, 11) is 0. The molecule has 7 aliphatic rings. The topological polar surface area (TPSA) is 23.5 Å². The molecule has 0 fully saturated rings. The van der Waals surface area contributed by atoms with Crippen LogP contribution in [0.1, 0.15) is 86.1 Å². The predicted molar refractivity (Wildman–Crippen MR) is 215 cm³/mol. The van der Waals surface area contributed by atoms with Crippen LogP contribution < -0.4 is 23.7 Å². The summed E-state index contributed by atoms with van der Waals surface area (Å²) in [5.74, 6) is 4.28. The summed E-state index contributed by atoms with van der Waals surface area (Å²) >= 11 is 0. The third kappa shape index (κ3) is 2.75. The van der Waals surface area contributed by atoms with Gasteiger partial charge in [-0.1, -0.05) is 108 Å². The molecule has 55 heavy (non-hydrogen) atoms. The van der Waals surface area contributed by atoms with Crippen molar-refractivity contribution in [2.24, 2.45) is 0 Å². The molecule has 9 heterocycles. The van der Waals surface area contributed by atoms with E-state index in [9.17, 15) is 0 Å². The Bertz CT molecular complexity index is 3060. The van der Waals surface area contributed by atoms with E-state index in [0.717, 1.165) is 11.5 Å². The number of hydrogen-bond donors (Lipinski definition) is 0. The van der Waals surface area contributed by atoms with Gasteiger partial charge in [-0.3, -0.25) is 0 Å². The Labute approximate surface area is 320 Å². The second-order valence-electron chi connectivity index (χ2n) is 18.2. The van der Waals surface area contributed by atoms with Crippen LogP contribution in [-0.4, -0.2) is 0 Å². The molecule has 0 saturated carbocycles. The van der Waals surface area contributed by atoms with E-state index >= 15 is 0 Å². The molecule has 1 unspecified atom stereocenters. The minimum Gasteiger partial charge on any atom is -0.456 e. The first-order chi connectivity index (χ1) is 26.6. The molecule has 1 spiro atoms. The van der Waals surface area contributed by atoms with E-state index in [4.69, 9.17) is 4.74 Å². The van der Waals surface area contributed by atoms with E-state index in [1.165, 1.54) is 101 Å². The van der Waals surface area contributed by atoms with Gasteiger partial charge in [0.2, 0.25) is 0 Å². The fourth-order valence-corrected chi connectivity index (χ4v) is 12.3. The molecule has 14 rings (SSSR count). The standard InChI is InChI=1S/C50H38N4O/c1-47(2)32-17-10-18-33-43(32)54-44-34(47)22-24-38-40(44)50(52-26-12-20-36(46(52)54)49(33,5)6)39-37(55-38)23-21-30-28-14-8-7-13-27(28)29-15-9-16-31-41(29)53(42(30)39)45-35(48(31,3)4)19-11-25-51(45)50/h7-26H,1-6H3/q+2. The molecule has 0 aliphatic carbocycles. The summed E-state index contributed by atoms with van der Waals surface area (Å²) in [4.78, 5) is 5.25. The second kappa shape index (κ2) is 8.53. The first-order valence-corrected chi connectivity index (χ1v) is 19.7. The fourth-order valence-electron chi connectivity index (χ4n) is 12.3. The number of hydrogen-bond acceptors (Lipinski definition) is 3. The maximum Gasteiger partial charge on any atom is 0.321 e. The lowest BCUT2D eigenvalue weighted by atomic mass is 9.64. The maximum absolute atomic E-state index is 7.30. The van der Waals surface area contributed by atoms with Gasteiger partial charge in [-0.05, 0) is 53.6 Å². The first-order valence-electron chi connectivity index (χ1n) is 19.7. The molecule has 7 aromatic rings. The number of anilines is 6. The van der Waals surface area contributed by atoms with Gasteiger partial charge in [-0.15, -0.1) is 0 Å². The molecule has 0 radical (unpaired) electrons. The van der Waals surface area contributed by atoms with E-state index in [2.05, 4.69) is 182 Å². The average Bonchev–Trinajstić information content (AvgIpc) is 3.31. The van der Waals surface area contributed by atoms with Gasteiger partial charge in [0.25, 0.3) is 11.6 Å². The maximum atomic E-state index is 7.30. The third-order valence-corrected chi connectivity index (χ3v) is 14.8. The highest BCUT2D eigenvalue weighted by Gasteiger charge is 2.71. The Balaban J connectivity index is 1.27. The van der Waals surface area contributed by atoms with Gasteiger partial charge in [0.15, 0.2) is 11.4 Å². The number of benzene rings is 5. The number of ether oxygens (including phenoxy) is 1. The van der Waals surface area contributed by atoms with E-state index in [0.29, 0.717) is 0 Å². The Morgan fingerprint density at radius 1 is 0.400 bits per heavy atom. The summed E-state index contributed by atoms with van der Waals surface area (Å²) in [6.45, 7) is 14.5. The molecule has 1 atom stereocenters. The lowest BCUT2D eigenvalue weighted by molar-refractivity contribution is -0.963. The van der Waals surface area contributed by atoms with Crippen molar-refractivity contribution in [2.45, 2.75) is 63.5 Å². The quantitative estimate of drug-likeness (QED) is 0.146. The fraction of sp³-hybridized carbons (Fsp3) is 0.200. The number of nitrogens with zero attached hydrogens (tertiary/aromatic N) is 4. The Morgan fingerprint density at radius 3 is 1.49 bits per heavy atom. The van der Waals surface area contributed by atoms with Crippen LogP contribution in [0.15, 0.2) is 122 Å². The molecule has 0 saturated heterocycles. The van der Waals surface area contributed by atoms with Gasteiger partial charge in [0.1, 0.15) is 34.0 Å². The minimum atomic E-state index is -0.805. The van der Waals surface area contributed by atoms with Gasteiger partial charge >= 0.3 is 5.66 Å². The molecule has 0 amide bonds. The second-order valence-corrected chi connectivity index (χ2v) is 18.2. The summed E-state index contributed by atoms with van der Waals surface area (Å²) < 4.78 is 12.6. The first kappa shape index (κ1) is 29.2. The van der Waals surface area contributed by atoms with Crippen LogP contribution in [0.25, 0.3) is 22.3 Å². The van der Waals surface area contributed by atoms with Crippen molar-refractivity contribution in [3.63, 3.8) is 0 Å². The summed E-state index contributed by atoms with van der Waals surface area (Å²) in [6.07, 6.45) is 4.72. The minimum absolute atomic E-state index is 0.239. The van der Waals surface area contributed by atoms with E-state index in [-0.39, 0.29) is 16.2 Å². The van der Waals surface area contributed by atoms with Crippen molar-refractivity contribution in [3.8, 4) is 33.8 Å². The Hall–Kier alpha value is -6.20. The van der Waals surface area contributed by atoms with Crippen molar-refractivity contribution in [2.75, 3.05) is 9.80 Å². The number of pyridine rings is 2. The highest BCUT2D eigenvalue weighted by Crippen LogP contribution is 2.70. The molecule has 2 aromatic heterocycles. The van der Waals surface area contributed by atoms with Crippen molar-refractivity contribution in [1.29, 1.82) is 0 Å². The van der Waals surface area contributed by atoms with Gasteiger partial charge in [0, 0.05) is 49.6 Å².